The maximum atomic E-state index is 11.1. The van der Waals surface area contributed by atoms with Crippen LogP contribution in [0.5, 0.6) is 0 Å². The van der Waals surface area contributed by atoms with E-state index in [0.717, 1.165) is 0 Å². The second kappa shape index (κ2) is 4.40. The third-order valence-electron chi connectivity index (χ3n) is 2.62. The van der Waals surface area contributed by atoms with Gasteiger partial charge in [0.15, 0.2) is 11.5 Å². The Hall–Kier alpha value is -2.50. The van der Waals surface area contributed by atoms with Gasteiger partial charge in [-0.3, -0.25) is 4.79 Å². The number of hydrogen-bond acceptors (Lipinski definition) is 4. The van der Waals surface area contributed by atoms with Crippen LogP contribution in [-0.4, -0.2) is 31.9 Å². The lowest BCUT2D eigenvalue weighted by Gasteiger charge is -2.03. The highest BCUT2D eigenvalue weighted by Gasteiger charge is 2.15. The summed E-state index contributed by atoms with van der Waals surface area (Å²) in [6.07, 6.45) is 0. The van der Waals surface area contributed by atoms with Gasteiger partial charge in [0.1, 0.15) is 0 Å². The molecule has 0 atom stereocenters. The van der Waals surface area contributed by atoms with Crippen molar-refractivity contribution in [1.29, 1.82) is 0 Å². The number of aromatic nitrogens is 3. The highest BCUT2D eigenvalue weighted by molar-refractivity contribution is 5.94. The lowest BCUT2D eigenvalue weighted by Crippen LogP contribution is -2.03. The lowest BCUT2D eigenvalue weighted by atomic mass is 10.1. The van der Waals surface area contributed by atoms with E-state index in [1.807, 2.05) is 0 Å². The summed E-state index contributed by atoms with van der Waals surface area (Å²) in [4.78, 5) is 22.0. The molecule has 0 unspecified atom stereocenters. The van der Waals surface area contributed by atoms with E-state index >= 15 is 0 Å². The van der Waals surface area contributed by atoms with Crippen molar-refractivity contribution in [3.05, 3.63) is 41.2 Å². The van der Waals surface area contributed by atoms with Crippen LogP contribution >= 0.6 is 0 Å². The summed E-state index contributed by atoms with van der Waals surface area (Å²) in [5.74, 6) is -1.14. The van der Waals surface area contributed by atoms with Crippen LogP contribution in [0.25, 0.3) is 5.69 Å². The minimum Gasteiger partial charge on any atom is -0.476 e. The Morgan fingerprint density at radius 3 is 2.28 bits per heavy atom. The number of Topliss-reactive ketones (excluding diaryl/α,β-unsaturated/α-hetero) is 1. The normalized spacial score (nSPS) is 10.3. The number of nitrogens with zero attached hydrogens (tertiary/aromatic N) is 3. The van der Waals surface area contributed by atoms with E-state index in [4.69, 9.17) is 5.11 Å². The Morgan fingerprint density at radius 1 is 1.22 bits per heavy atom. The van der Waals surface area contributed by atoms with Crippen LogP contribution < -0.4 is 0 Å². The number of rotatable bonds is 3. The van der Waals surface area contributed by atoms with E-state index in [-0.39, 0.29) is 11.5 Å². The molecule has 0 saturated carbocycles. The van der Waals surface area contributed by atoms with Crippen LogP contribution in [0.2, 0.25) is 0 Å². The van der Waals surface area contributed by atoms with Gasteiger partial charge in [-0.05, 0) is 38.1 Å². The summed E-state index contributed by atoms with van der Waals surface area (Å²) in [5.41, 5.74) is 1.62. The smallest absolute Gasteiger partial charge is 0.358 e. The predicted molar refractivity (Wildman–Crippen MR) is 63.1 cm³/mol. The lowest BCUT2D eigenvalue weighted by molar-refractivity contribution is 0.0689. The number of aromatic carboxylic acids is 1. The Labute approximate surface area is 103 Å². The minimum atomic E-state index is -1.11. The Bertz CT molecular complexity index is 614. The first-order valence-electron chi connectivity index (χ1n) is 5.27. The fourth-order valence-electron chi connectivity index (χ4n) is 1.61. The van der Waals surface area contributed by atoms with Gasteiger partial charge in [-0.1, -0.05) is 5.21 Å². The number of carbonyl (C=O) groups is 2. The van der Waals surface area contributed by atoms with Crippen molar-refractivity contribution in [1.82, 2.24) is 15.0 Å². The molecule has 1 N–H and O–H groups in total. The van der Waals surface area contributed by atoms with E-state index in [0.29, 0.717) is 16.9 Å². The first kappa shape index (κ1) is 12.0. The van der Waals surface area contributed by atoms with Crippen LogP contribution in [0.15, 0.2) is 24.3 Å². The van der Waals surface area contributed by atoms with Crippen molar-refractivity contribution in [2.75, 3.05) is 0 Å². The zero-order valence-corrected chi connectivity index (χ0v) is 9.91. The molecule has 0 aliphatic rings. The molecule has 0 aliphatic carbocycles. The van der Waals surface area contributed by atoms with Gasteiger partial charge in [-0.2, -0.15) is 0 Å². The molecule has 2 rings (SSSR count). The monoisotopic (exact) mass is 245 g/mol. The number of carboxylic acids is 1. The third kappa shape index (κ3) is 2.00. The first-order valence-corrected chi connectivity index (χ1v) is 5.27. The van der Waals surface area contributed by atoms with Crippen molar-refractivity contribution in [2.45, 2.75) is 13.8 Å². The van der Waals surface area contributed by atoms with Gasteiger partial charge in [-0.25, -0.2) is 9.48 Å². The van der Waals surface area contributed by atoms with Crippen LogP contribution in [0.4, 0.5) is 0 Å². The SMILES string of the molecule is CC(=O)c1ccc(-n2nnc(C(=O)O)c2C)cc1. The average molecular weight is 245 g/mol. The zero-order chi connectivity index (χ0) is 13.3. The van der Waals surface area contributed by atoms with E-state index in [1.165, 1.54) is 11.6 Å². The van der Waals surface area contributed by atoms with Crippen LogP contribution in [0, 0.1) is 6.92 Å². The second-order valence-corrected chi connectivity index (χ2v) is 3.84. The molecule has 0 bridgehead atoms. The number of carbonyl (C=O) groups excluding carboxylic acids is 1. The van der Waals surface area contributed by atoms with Crippen molar-refractivity contribution < 1.29 is 14.7 Å². The van der Waals surface area contributed by atoms with E-state index in [1.54, 1.807) is 31.2 Å². The molecule has 0 saturated heterocycles. The molecule has 1 heterocycles. The zero-order valence-electron chi connectivity index (χ0n) is 9.91. The Morgan fingerprint density at radius 2 is 1.83 bits per heavy atom. The average Bonchev–Trinajstić information content (AvgIpc) is 2.71. The van der Waals surface area contributed by atoms with E-state index in [2.05, 4.69) is 10.3 Å². The topological polar surface area (TPSA) is 85.1 Å². The molecular formula is C12H11N3O3. The molecule has 92 valence electrons. The van der Waals surface area contributed by atoms with Gasteiger partial charge >= 0.3 is 5.97 Å². The second-order valence-electron chi connectivity index (χ2n) is 3.84. The predicted octanol–water partition coefficient (Wildman–Crippen LogP) is 1.48. The summed E-state index contributed by atoms with van der Waals surface area (Å²) < 4.78 is 1.42. The maximum absolute atomic E-state index is 11.1. The number of benzene rings is 1. The highest BCUT2D eigenvalue weighted by atomic mass is 16.4. The first-order chi connectivity index (χ1) is 8.50. The van der Waals surface area contributed by atoms with Crippen LogP contribution in [0.1, 0.15) is 33.5 Å². The summed E-state index contributed by atoms with van der Waals surface area (Å²) in [5, 5.41) is 16.3. The highest BCUT2D eigenvalue weighted by Crippen LogP contribution is 2.13. The van der Waals surface area contributed by atoms with E-state index in [9.17, 15) is 9.59 Å². The molecule has 0 amide bonds. The van der Waals surface area contributed by atoms with Crippen molar-refractivity contribution in [2.24, 2.45) is 0 Å². The van der Waals surface area contributed by atoms with Gasteiger partial charge in [0.05, 0.1) is 11.4 Å². The van der Waals surface area contributed by atoms with Gasteiger partial charge < -0.3 is 5.11 Å². The van der Waals surface area contributed by atoms with E-state index < -0.39 is 5.97 Å². The standard InChI is InChI=1S/C12H11N3O3/c1-7-11(12(17)18)13-14-15(7)10-5-3-9(4-6-10)8(2)16/h3-6H,1-2H3,(H,17,18). The molecule has 2 aromatic rings. The molecule has 1 aromatic heterocycles. The minimum absolute atomic E-state index is 0.0249. The molecule has 6 heteroatoms. The molecule has 18 heavy (non-hydrogen) atoms. The number of ketones is 1. The quantitative estimate of drug-likeness (QED) is 0.828. The maximum Gasteiger partial charge on any atom is 0.358 e. The van der Waals surface area contributed by atoms with Gasteiger partial charge in [0.2, 0.25) is 0 Å². The van der Waals surface area contributed by atoms with Crippen molar-refractivity contribution in [3.63, 3.8) is 0 Å². The molecule has 1 aromatic carbocycles. The summed E-state index contributed by atoms with van der Waals surface area (Å²) >= 11 is 0. The molecule has 6 nitrogen and oxygen atoms in total. The molecular weight excluding hydrogens is 234 g/mol. The molecule has 0 spiro atoms. The van der Waals surface area contributed by atoms with Gasteiger partial charge in [0, 0.05) is 5.56 Å². The molecule has 0 radical (unpaired) electrons. The number of hydrogen-bond donors (Lipinski definition) is 1. The fourth-order valence-corrected chi connectivity index (χ4v) is 1.61. The third-order valence-corrected chi connectivity index (χ3v) is 2.62. The Kier molecular flexibility index (Phi) is 2.93. The fraction of sp³-hybridized carbons (Fsp3) is 0.167. The van der Waals surface area contributed by atoms with Gasteiger partial charge in [-0.15, -0.1) is 5.10 Å². The van der Waals surface area contributed by atoms with Crippen LogP contribution in [0.3, 0.4) is 0 Å². The molecule has 0 aliphatic heterocycles. The van der Waals surface area contributed by atoms with Crippen LogP contribution in [-0.2, 0) is 0 Å². The van der Waals surface area contributed by atoms with Crippen molar-refractivity contribution in [3.8, 4) is 5.69 Å². The van der Waals surface area contributed by atoms with Crippen molar-refractivity contribution >= 4 is 11.8 Å². The summed E-state index contributed by atoms with van der Waals surface area (Å²) in [6.45, 7) is 3.11. The van der Waals surface area contributed by atoms with Gasteiger partial charge in [0.25, 0.3) is 0 Å². The Balaban J connectivity index is 2.43. The number of carboxylic acid groups (broad SMARTS) is 1. The summed E-state index contributed by atoms with van der Waals surface area (Å²) in [7, 11) is 0. The molecule has 0 fully saturated rings. The largest absolute Gasteiger partial charge is 0.476 e. The summed E-state index contributed by atoms with van der Waals surface area (Å²) in [6, 6.07) is 6.73.